The number of anilines is 1. The summed E-state index contributed by atoms with van der Waals surface area (Å²) in [6.07, 6.45) is 2.56. The Morgan fingerprint density at radius 1 is 1.19 bits per heavy atom. The maximum absolute atomic E-state index is 5.40. The standard InChI is InChI=1S/C15H11BrN4O/c16-10-5-3-7-17-13(10)14-19-15(21-20-14)12-8-9-4-1-2-6-11(9)18-12/h1-7,12,18H,8H2/t12-/m0/s1. The Kier molecular flexibility index (Phi) is 2.96. The van der Waals surface area contributed by atoms with E-state index in [9.17, 15) is 0 Å². The van der Waals surface area contributed by atoms with Crippen LogP contribution in [0.25, 0.3) is 11.5 Å². The van der Waals surface area contributed by atoms with Crippen molar-refractivity contribution in [2.45, 2.75) is 12.5 Å². The second kappa shape index (κ2) is 4.96. The molecule has 0 bridgehead atoms. The van der Waals surface area contributed by atoms with Crippen molar-refractivity contribution >= 4 is 21.6 Å². The SMILES string of the molecule is Brc1cccnc1-c1noc([C@@H]2Cc3ccccc3N2)n1. The average Bonchev–Trinajstić information content (AvgIpc) is 3.14. The number of pyridine rings is 1. The third-order valence-electron chi connectivity index (χ3n) is 3.48. The molecule has 6 heteroatoms. The van der Waals surface area contributed by atoms with Gasteiger partial charge in [-0.15, -0.1) is 0 Å². The molecule has 0 radical (unpaired) electrons. The largest absolute Gasteiger partial charge is 0.373 e. The second-order valence-electron chi connectivity index (χ2n) is 4.85. The van der Waals surface area contributed by atoms with Crippen LogP contribution >= 0.6 is 15.9 Å². The van der Waals surface area contributed by atoms with E-state index in [1.54, 1.807) is 6.20 Å². The lowest BCUT2D eigenvalue weighted by atomic mass is 10.1. The molecule has 0 fully saturated rings. The molecule has 0 spiro atoms. The van der Waals surface area contributed by atoms with E-state index in [2.05, 4.69) is 48.5 Å². The molecule has 1 N–H and O–H groups in total. The molecule has 0 saturated heterocycles. The molecule has 2 aromatic heterocycles. The van der Waals surface area contributed by atoms with Crippen molar-refractivity contribution in [2.75, 3.05) is 5.32 Å². The van der Waals surface area contributed by atoms with Gasteiger partial charge in [0.2, 0.25) is 11.7 Å². The van der Waals surface area contributed by atoms with Crippen molar-refractivity contribution in [1.29, 1.82) is 0 Å². The summed E-state index contributed by atoms with van der Waals surface area (Å²) in [5.41, 5.74) is 3.07. The molecule has 1 aliphatic rings. The molecule has 3 aromatic rings. The maximum atomic E-state index is 5.40. The van der Waals surface area contributed by atoms with Gasteiger partial charge in [-0.3, -0.25) is 4.98 Å². The van der Waals surface area contributed by atoms with Gasteiger partial charge in [-0.1, -0.05) is 23.4 Å². The minimum absolute atomic E-state index is 0.0196. The van der Waals surface area contributed by atoms with Gasteiger partial charge in [0.1, 0.15) is 11.7 Å². The van der Waals surface area contributed by atoms with E-state index >= 15 is 0 Å². The smallest absolute Gasteiger partial charge is 0.249 e. The van der Waals surface area contributed by atoms with Crippen LogP contribution in [0.4, 0.5) is 5.69 Å². The molecular formula is C15H11BrN4O. The van der Waals surface area contributed by atoms with E-state index in [0.717, 1.165) is 16.6 Å². The highest BCUT2D eigenvalue weighted by atomic mass is 79.9. The third kappa shape index (κ3) is 2.21. The number of nitrogens with one attached hydrogen (secondary N) is 1. The van der Waals surface area contributed by atoms with Crippen LogP contribution in [0.1, 0.15) is 17.5 Å². The molecule has 0 amide bonds. The first-order valence-electron chi connectivity index (χ1n) is 6.60. The predicted octanol–water partition coefficient (Wildman–Crippen LogP) is 3.60. The number of rotatable bonds is 2. The molecule has 0 saturated carbocycles. The Bertz CT molecular complexity index is 777. The van der Waals surface area contributed by atoms with E-state index in [1.165, 1.54) is 5.56 Å². The Hall–Kier alpha value is -2.21. The molecule has 1 aliphatic heterocycles. The normalized spacial score (nSPS) is 16.5. The lowest BCUT2D eigenvalue weighted by Gasteiger charge is -2.04. The zero-order valence-corrected chi connectivity index (χ0v) is 12.5. The zero-order chi connectivity index (χ0) is 14.2. The topological polar surface area (TPSA) is 63.8 Å². The Morgan fingerprint density at radius 2 is 2.10 bits per heavy atom. The minimum atomic E-state index is 0.0196. The first-order valence-corrected chi connectivity index (χ1v) is 7.39. The molecule has 4 rings (SSSR count). The van der Waals surface area contributed by atoms with Crippen molar-refractivity contribution in [3.05, 3.63) is 58.5 Å². The second-order valence-corrected chi connectivity index (χ2v) is 5.70. The van der Waals surface area contributed by atoms with Crippen LogP contribution in [0.3, 0.4) is 0 Å². The van der Waals surface area contributed by atoms with Crippen molar-refractivity contribution < 1.29 is 4.52 Å². The van der Waals surface area contributed by atoms with E-state index in [4.69, 9.17) is 4.52 Å². The Morgan fingerprint density at radius 3 is 2.95 bits per heavy atom. The molecular weight excluding hydrogens is 332 g/mol. The average molecular weight is 343 g/mol. The van der Waals surface area contributed by atoms with Gasteiger partial charge in [0, 0.05) is 22.8 Å². The molecule has 21 heavy (non-hydrogen) atoms. The molecule has 0 unspecified atom stereocenters. The first-order chi connectivity index (χ1) is 10.3. The molecule has 1 atom stereocenters. The number of halogens is 1. The number of fused-ring (bicyclic) bond motifs is 1. The molecule has 5 nitrogen and oxygen atoms in total. The number of nitrogens with zero attached hydrogens (tertiary/aromatic N) is 3. The van der Waals surface area contributed by atoms with Gasteiger partial charge in [-0.25, -0.2) is 0 Å². The van der Waals surface area contributed by atoms with Crippen LogP contribution in [-0.2, 0) is 6.42 Å². The zero-order valence-electron chi connectivity index (χ0n) is 11.0. The van der Waals surface area contributed by atoms with Gasteiger partial charge >= 0.3 is 0 Å². The van der Waals surface area contributed by atoms with Crippen LogP contribution in [-0.4, -0.2) is 15.1 Å². The molecule has 1 aromatic carbocycles. The van der Waals surface area contributed by atoms with Gasteiger partial charge in [0.05, 0.1) is 0 Å². The highest BCUT2D eigenvalue weighted by Gasteiger charge is 2.27. The number of para-hydroxylation sites is 1. The summed E-state index contributed by atoms with van der Waals surface area (Å²) in [6, 6.07) is 12.0. The van der Waals surface area contributed by atoms with E-state index in [1.807, 2.05) is 24.3 Å². The predicted molar refractivity (Wildman–Crippen MR) is 81.7 cm³/mol. The van der Waals surface area contributed by atoms with Crippen LogP contribution in [0.15, 0.2) is 51.6 Å². The highest BCUT2D eigenvalue weighted by Crippen LogP contribution is 2.34. The maximum Gasteiger partial charge on any atom is 0.249 e. The summed E-state index contributed by atoms with van der Waals surface area (Å²) in [7, 11) is 0. The van der Waals surface area contributed by atoms with Crippen molar-refractivity contribution in [3.63, 3.8) is 0 Å². The van der Waals surface area contributed by atoms with Crippen molar-refractivity contribution in [3.8, 4) is 11.5 Å². The summed E-state index contributed by atoms with van der Waals surface area (Å²) in [5.74, 6) is 1.08. The highest BCUT2D eigenvalue weighted by molar-refractivity contribution is 9.10. The quantitative estimate of drug-likeness (QED) is 0.770. The van der Waals surface area contributed by atoms with Crippen LogP contribution in [0.2, 0.25) is 0 Å². The van der Waals surface area contributed by atoms with E-state index in [-0.39, 0.29) is 6.04 Å². The van der Waals surface area contributed by atoms with Gasteiger partial charge in [-0.2, -0.15) is 4.98 Å². The third-order valence-corrected chi connectivity index (χ3v) is 4.12. The molecule has 104 valence electrons. The number of hydrogen-bond acceptors (Lipinski definition) is 5. The Balaban J connectivity index is 1.63. The fraction of sp³-hybridized carbons (Fsp3) is 0.133. The summed E-state index contributed by atoms with van der Waals surface area (Å²) in [4.78, 5) is 8.75. The summed E-state index contributed by atoms with van der Waals surface area (Å²) in [6.45, 7) is 0. The lowest BCUT2D eigenvalue weighted by molar-refractivity contribution is 0.364. The lowest BCUT2D eigenvalue weighted by Crippen LogP contribution is -2.05. The van der Waals surface area contributed by atoms with Gasteiger partial charge in [0.15, 0.2) is 0 Å². The van der Waals surface area contributed by atoms with E-state index < -0.39 is 0 Å². The van der Waals surface area contributed by atoms with Crippen LogP contribution < -0.4 is 5.32 Å². The Labute approximate surface area is 129 Å². The monoisotopic (exact) mass is 342 g/mol. The van der Waals surface area contributed by atoms with Gasteiger partial charge in [-0.05, 0) is 39.7 Å². The van der Waals surface area contributed by atoms with E-state index in [0.29, 0.717) is 17.4 Å². The fourth-order valence-electron chi connectivity index (χ4n) is 2.47. The fourth-order valence-corrected chi connectivity index (χ4v) is 2.90. The van der Waals surface area contributed by atoms with Gasteiger partial charge < -0.3 is 9.84 Å². The minimum Gasteiger partial charge on any atom is -0.373 e. The van der Waals surface area contributed by atoms with Crippen molar-refractivity contribution in [2.24, 2.45) is 0 Å². The number of benzene rings is 1. The summed E-state index contributed by atoms with van der Waals surface area (Å²) in [5, 5.41) is 7.44. The molecule has 3 heterocycles. The first kappa shape index (κ1) is 12.5. The van der Waals surface area contributed by atoms with Crippen LogP contribution in [0.5, 0.6) is 0 Å². The molecule has 0 aliphatic carbocycles. The van der Waals surface area contributed by atoms with Gasteiger partial charge in [0.25, 0.3) is 0 Å². The summed E-state index contributed by atoms with van der Waals surface area (Å²) >= 11 is 3.45. The number of hydrogen-bond donors (Lipinski definition) is 1. The number of aromatic nitrogens is 3. The van der Waals surface area contributed by atoms with Crippen molar-refractivity contribution in [1.82, 2.24) is 15.1 Å². The summed E-state index contributed by atoms with van der Waals surface area (Å²) < 4.78 is 6.25. The van der Waals surface area contributed by atoms with Crippen LogP contribution in [0, 0.1) is 0 Å².